The van der Waals surface area contributed by atoms with E-state index in [1.807, 2.05) is 122 Å². The van der Waals surface area contributed by atoms with Gasteiger partial charge in [-0.25, -0.2) is 17.6 Å². The summed E-state index contributed by atoms with van der Waals surface area (Å²) in [5, 5.41) is 7.85. The Morgan fingerprint density at radius 3 is 1.04 bits per heavy atom. The standard InChI is InChI=1S/C62H56F4N2Si2/c1-37-11-13-39(3)49(31-37)51-33-55(65)59(35-53(51)63)67(43-19-23-45(24-20-43)69(5,6)7)57-29-17-41-16-28-48-58(30-18-42-15-27-47(57)61(41)62(42)48)68(44-21-25-46(26-22-44)70(8,9)10)60-36-54(64)52(34-56(60)66)50-32-38(2)12-14-40(50)4/h11-36H,1-10H3. The molecule has 0 N–H and O–H groups in total. The smallest absolute Gasteiger partial charge is 0.148 e. The van der Waals surface area contributed by atoms with Crippen molar-refractivity contribution >= 4 is 93.0 Å². The lowest BCUT2D eigenvalue weighted by molar-refractivity contribution is 0.604. The lowest BCUT2D eigenvalue weighted by Crippen LogP contribution is -2.37. The average Bonchev–Trinajstić information content (AvgIpc) is 3.32. The Labute approximate surface area is 410 Å². The van der Waals surface area contributed by atoms with Crippen molar-refractivity contribution in [2.45, 2.75) is 67.0 Å². The molecule has 0 aromatic heterocycles. The number of hydrogen-bond donors (Lipinski definition) is 0. The first-order chi connectivity index (χ1) is 33.3. The minimum Gasteiger partial charge on any atom is -0.307 e. The Morgan fingerprint density at radius 2 is 0.686 bits per heavy atom. The average molecular weight is 961 g/mol. The van der Waals surface area contributed by atoms with Crippen LogP contribution in [0.1, 0.15) is 22.3 Å². The van der Waals surface area contributed by atoms with Crippen LogP contribution in [0.5, 0.6) is 0 Å². The van der Waals surface area contributed by atoms with E-state index in [-0.39, 0.29) is 22.5 Å². The van der Waals surface area contributed by atoms with E-state index in [2.05, 4.69) is 87.8 Å². The van der Waals surface area contributed by atoms with Crippen LogP contribution >= 0.6 is 0 Å². The summed E-state index contributed by atoms with van der Waals surface area (Å²) in [4.78, 5) is 3.66. The number of halogens is 4. The van der Waals surface area contributed by atoms with Crippen LogP contribution in [0.2, 0.25) is 39.3 Å². The van der Waals surface area contributed by atoms with Crippen LogP contribution in [0.25, 0.3) is 54.6 Å². The molecule has 350 valence electrons. The van der Waals surface area contributed by atoms with Gasteiger partial charge in [0.1, 0.15) is 23.3 Å². The van der Waals surface area contributed by atoms with Gasteiger partial charge in [0, 0.05) is 45.4 Å². The van der Waals surface area contributed by atoms with Crippen molar-refractivity contribution < 1.29 is 17.6 Å². The number of hydrogen-bond acceptors (Lipinski definition) is 2. The second kappa shape index (κ2) is 17.4. The highest BCUT2D eigenvalue weighted by molar-refractivity contribution is 6.89. The largest absolute Gasteiger partial charge is 0.307 e. The van der Waals surface area contributed by atoms with Gasteiger partial charge in [-0.05, 0) is 120 Å². The normalized spacial score (nSPS) is 12.1. The highest BCUT2D eigenvalue weighted by atomic mass is 28.3. The van der Waals surface area contributed by atoms with E-state index in [9.17, 15) is 0 Å². The summed E-state index contributed by atoms with van der Waals surface area (Å²) in [5.74, 6) is -2.18. The number of aryl methyl sites for hydroxylation is 4. The zero-order chi connectivity index (χ0) is 49.6. The van der Waals surface area contributed by atoms with Crippen LogP contribution < -0.4 is 20.2 Å². The van der Waals surface area contributed by atoms with E-state index in [4.69, 9.17) is 0 Å². The van der Waals surface area contributed by atoms with Crippen molar-refractivity contribution in [3.05, 3.63) is 203 Å². The van der Waals surface area contributed by atoms with E-state index in [1.165, 1.54) is 34.6 Å². The topological polar surface area (TPSA) is 6.48 Å². The van der Waals surface area contributed by atoms with Crippen LogP contribution in [0.15, 0.2) is 158 Å². The molecule has 70 heavy (non-hydrogen) atoms. The molecule has 0 spiro atoms. The summed E-state index contributed by atoms with van der Waals surface area (Å²) in [6.45, 7) is 21.4. The van der Waals surface area contributed by atoms with Gasteiger partial charge in [-0.3, -0.25) is 0 Å². The summed E-state index contributed by atoms with van der Waals surface area (Å²) in [6, 6.07) is 49.5. The first-order valence-corrected chi connectivity index (χ1v) is 30.9. The Bertz CT molecular complexity index is 3420. The van der Waals surface area contributed by atoms with Crippen LogP contribution in [-0.4, -0.2) is 16.1 Å². The Hall–Kier alpha value is -7.01. The quantitative estimate of drug-likeness (QED) is 0.0766. The predicted octanol–water partition coefficient (Wildman–Crippen LogP) is 17.7. The minimum absolute atomic E-state index is 0.0813. The first kappa shape index (κ1) is 46.7. The van der Waals surface area contributed by atoms with E-state index < -0.39 is 39.4 Å². The van der Waals surface area contributed by atoms with Crippen LogP contribution in [0.3, 0.4) is 0 Å². The van der Waals surface area contributed by atoms with E-state index in [0.717, 1.165) is 54.6 Å². The number of anilines is 6. The second-order valence-electron chi connectivity index (χ2n) is 21.1. The van der Waals surface area contributed by atoms with Gasteiger partial charge >= 0.3 is 0 Å². The highest BCUT2D eigenvalue weighted by Gasteiger charge is 2.28. The molecule has 0 aliphatic rings. The first-order valence-electron chi connectivity index (χ1n) is 23.9. The summed E-state index contributed by atoms with van der Waals surface area (Å²) in [6.07, 6.45) is 0. The molecule has 10 aromatic carbocycles. The van der Waals surface area contributed by atoms with Gasteiger partial charge in [-0.15, -0.1) is 0 Å². The third kappa shape index (κ3) is 8.26. The molecule has 10 rings (SSSR count). The number of nitrogens with zero attached hydrogens (tertiary/aromatic N) is 2. The fourth-order valence-electron chi connectivity index (χ4n) is 10.1. The maximum absolute atomic E-state index is 17.1. The molecule has 8 heteroatoms. The summed E-state index contributed by atoms with van der Waals surface area (Å²) in [5.41, 5.74) is 8.18. The Kier molecular flexibility index (Phi) is 11.6. The van der Waals surface area contributed by atoms with Crippen LogP contribution in [0, 0.1) is 51.0 Å². The van der Waals surface area contributed by atoms with Gasteiger partial charge in [0.15, 0.2) is 0 Å². The molecule has 0 radical (unpaired) electrons. The monoisotopic (exact) mass is 960 g/mol. The van der Waals surface area contributed by atoms with Crippen molar-refractivity contribution in [1.29, 1.82) is 0 Å². The predicted molar refractivity (Wildman–Crippen MR) is 295 cm³/mol. The van der Waals surface area contributed by atoms with Gasteiger partial charge in [-0.2, -0.15) is 0 Å². The number of rotatable bonds is 10. The Morgan fingerprint density at radius 1 is 0.329 bits per heavy atom. The summed E-state index contributed by atoms with van der Waals surface area (Å²) >= 11 is 0. The molecule has 0 amide bonds. The van der Waals surface area contributed by atoms with E-state index in [0.29, 0.717) is 33.9 Å². The molecule has 0 aliphatic carbocycles. The minimum atomic E-state index is -1.72. The van der Waals surface area contributed by atoms with Crippen LogP contribution in [0.4, 0.5) is 51.7 Å². The van der Waals surface area contributed by atoms with Gasteiger partial charge < -0.3 is 9.80 Å². The summed E-state index contributed by atoms with van der Waals surface area (Å²) < 4.78 is 67.7. The molecule has 10 aromatic rings. The van der Waals surface area contributed by atoms with Crippen molar-refractivity contribution in [2.75, 3.05) is 9.80 Å². The molecular weight excluding hydrogens is 905 g/mol. The molecular formula is C62H56F4N2Si2. The second-order valence-corrected chi connectivity index (χ2v) is 31.2. The molecule has 0 unspecified atom stereocenters. The van der Waals surface area contributed by atoms with Gasteiger partial charge in [0.2, 0.25) is 0 Å². The maximum atomic E-state index is 17.1. The zero-order valence-electron chi connectivity index (χ0n) is 41.4. The third-order valence-electron chi connectivity index (χ3n) is 14.0. The van der Waals surface area contributed by atoms with E-state index >= 15 is 17.6 Å². The molecule has 0 aliphatic heterocycles. The fraction of sp³-hybridized carbons (Fsp3) is 0.161. The SMILES string of the molecule is Cc1ccc(C)c(-c2cc(F)c(N(c3ccc([Si](C)(C)C)cc3)c3ccc4ccc5c(N(c6ccc([Si](C)(C)C)cc6)c6cc(F)c(-c7cc(C)ccc7C)cc6F)ccc6ccc3c4c65)cc2F)c1. The third-order valence-corrected chi connectivity index (χ3v) is 18.1. The number of benzene rings is 10. The van der Waals surface area contributed by atoms with Gasteiger partial charge in [0.05, 0.1) is 38.9 Å². The van der Waals surface area contributed by atoms with Crippen LogP contribution in [-0.2, 0) is 0 Å². The lowest BCUT2D eigenvalue weighted by atomic mass is 9.91. The fourth-order valence-corrected chi connectivity index (χ4v) is 12.4. The Balaban J connectivity index is 1.21. The zero-order valence-corrected chi connectivity index (χ0v) is 43.4. The van der Waals surface area contributed by atoms with Gasteiger partial charge in [-0.1, -0.05) is 158 Å². The molecule has 0 heterocycles. The van der Waals surface area contributed by atoms with E-state index in [1.54, 1.807) is 0 Å². The molecule has 0 fully saturated rings. The molecule has 0 bridgehead atoms. The molecule has 0 saturated heterocycles. The molecule has 0 atom stereocenters. The molecule has 2 nitrogen and oxygen atoms in total. The van der Waals surface area contributed by atoms with Gasteiger partial charge in [0.25, 0.3) is 0 Å². The van der Waals surface area contributed by atoms with Crippen molar-refractivity contribution in [3.8, 4) is 22.3 Å². The van der Waals surface area contributed by atoms with Crippen molar-refractivity contribution in [1.82, 2.24) is 0 Å². The van der Waals surface area contributed by atoms with Crippen molar-refractivity contribution in [2.24, 2.45) is 0 Å². The lowest BCUT2D eigenvalue weighted by Gasteiger charge is -2.30. The summed E-state index contributed by atoms with van der Waals surface area (Å²) in [7, 11) is -3.43. The van der Waals surface area contributed by atoms with Crippen molar-refractivity contribution in [3.63, 3.8) is 0 Å². The maximum Gasteiger partial charge on any atom is 0.148 e. The molecule has 0 saturated carbocycles. The highest BCUT2D eigenvalue weighted by Crippen LogP contribution is 2.49.